The normalized spacial score (nSPS) is 24.9. The number of amidine groups is 3. The highest BCUT2D eigenvalue weighted by molar-refractivity contribution is 6.19. The van der Waals surface area contributed by atoms with E-state index in [4.69, 9.17) is 0 Å². The molecule has 3 heterocycles. The van der Waals surface area contributed by atoms with Gasteiger partial charge in [-0.3, -0.25) is 4.90 Å². The van der Waals surface area contributed by atoms with Gasteiger partial charge in [0.1, 0.15) is 17.5 Å². The molecule has 18 heavy (non-hydrogen) atoms. The third kappa shape index (κ3) is 1.14. The van der Waals surface area contributed by atoms with Gasteiger partial charge in [-0.2, -0.15) is 0 Å². The van der Waals surface area contributed by atoms with Crippen LogP contribution < -0.4 is 0 Å². The van der Waals surface area contributed by atoms with Crippen LogP contribution in [0.4, 0.5) is 0 Å². The highest BCUT2D eigenvalue weighted by atomic mass is 16.3. The summed E-state index contributed by atoms with van der Waals surface area (Å²) < 4.78 is 0. The van der Waals surface area contributed by atoms with E-state index in [1.807, 2.05) is 11.8 Å². The van der Waals surface area contributed by atoms with Gasteiger partial charge in [0, 0.05) is 5.41 Å². The first-order valence-electron chi connectivity index (χ1n) is 5.99. The maximum Gasteiger partial charge on any atom is 0.186 e. The van der Waals surface area contributed by atoms with Gasteiger partial charge in [-0.05, 0) is 40.2 Å². The SMILES string of the molecule is CC1=NC2=C(C)C(C)(C)C3=NC(C)=C(O)C(=N1)N32. The Labute approximate surface area is 106 Å². The van der Waals surface area contributed by atoms with Crippen LogP contribution in [0.2, 0.25) is 0 Å². The molecule has 0 aliphatic carbocycles. The van der Waals surface area contributed by atoms with E-state index in [0.29, 0.717) is 17.4 Å². The zero-order chi connectivity index (χ0) is 13.2. The topological polar surface area (TPSA) is 60.6 Å². The fourth-order valence-corrected chi connectivity index (χ4v) is 2.43. The molecule has 3 aliphatic rings. The van der Waals surface area contributed by atoms with E-state index in [2.05, 4.69) is 35.7 Å². The van der Waals surface area contributed by atoms with Crippen LogP contribution in [0.1, 0.15) is 34.6 Å². The van der Waals surface area contributed by atoms with E-state index in [1.54, 1.807) is 6.92 Å². The standard InChI is InChI=1S/C13H16N4O/c1-6-10-15-8(3)16-11-9(18)7(2)14-12(17(10)11)13(6,4)5/h18H,1-5H3. The van der Waals surface area contributed by atoms with Gasteiger partial charge in [-0.1, -0.05) is 0 Å². The van der Waals surface area contributed by atoms with Gasteiger partial charge in [0.25, 0.3) is 0 Å². The lowest BCUT2D eigenvalue weighted by molar-refractivity contribution is 0.419. The zero-order valence-corrected chi connectivity index (χ0v) is 11.2. The molecule has 3 aliphatic heterocycles. The average Bonchev–Trinajstić information content (AvgIpc) is 2.48. The predicted octanol–water partition coefficient (Wildman–Crippen LogP) is 2.59. The van der Waals surface area contributed by atoms with E-state index < -0.39 is 0 Å². The summed E-state index contributed by atoms with van der Waals surface area (Å²) in [7, 11) is 0. The molecule has 0 saturated carbocycles. The van der Waals surface area contributed by atoms with Crippen molar-refractivity contribution in [2.24, 2.45) is 20.4 Å². The van der Waals surface area contributed by atoms with Crippen LogP contribution in [0, 0.1) is 5.41 Å². The summed E-state index contributed by atoms with van der Waals surface area (Å²) in [5, 5.41) is 10.1. The first-order chi connectivity index (χ1) is 8.34. The first-order valence-corrected chi connectivity index (χ1v) is 5.99. The van der Waals surface area contributed by atoms with Crippen molar-refractivity contribution in [1.82, 2.24) is 4.90 Å². The number of aliphatic hydroxyl groups is 1. The number of aliphatic hydroxyl groups excluding tert-OH is 1. The molecule has 1 N–H and O–H groups in total. The van der Waals surface area contributed by atoms with E-state index in [0.717, 1.165) is 17.2 Å². The van der Waals surface area contributed by atoms with Crippen molar-refractivity contribution in [3.8, 4) is 0 Å². The Morgan fingerprint density at radius 1 is 1.06 bits per heavy atom. The van der Waals surface area contributed by atoms with Crippen LogP contribution in [0.25, 0.3) is 0 Å². The van der Waals surface area contributed by atoms with E-state index in [1.165, 1.54) is 0 Å². The molecule has 0 aromatic carbocycles. The maximum atomic E-state index is 10.1. The minimum Gasteiger partial charge on any atom is -0.503 e. The Morgan fingerprint density at radius 3 is 2.39 bits per heavy atom. The van der Waals surface area contributed by atoms with Crippen molar-refractivity contribution in [3.63, 3.8) is 0 Å². The number of hydrogen-bond acceptors (Lipinski definition) is 5. The predicted molar refractivity (Wildman–Crippen MR) is 71.6 cm³/mol. The van der Waals surface area contributed by atoms with E-state index >= 15 is 0 Å². The summed E-state index contributed by atoms with van der Waals surface area (Å²) in [5.41, 5.74) is 1.57. The summed E-state index contributed by atoms with van der Waals surface area (Å²) >= 11 is 0. The Morgan fingerprint density at radius 2 is 1.72 bits per heavy atom. The summed E-state index contributed by atoms with van der Waals surface area (Å²) in [5.74, 6) is 3.08. The molecule has 5 nitrogen and oxygen atoms in total. The number of aliphatic imine (C=N–C) groups is 3. The van der Waals surface area contributed by atoms with Crippen LogP contribution >= 0.6 is 0 Å². The van der Waals surface area contributed by atoms with Gasteiger partial charge in [0.05, 0.1) is 5.70 Å². The van der Waals surface area contributed by atoms with Crippen LogP contribution in [0.15, 0.2) is 37.8 Å². The molecule has 0 atom stereocenters. The second kappa shape index (κ2) is 3.10. The van der Waals surface area contributed by atoms with E-state index in [9.17, 15) is 5.11 Å². The fraction of sp³-hybridized carbons (Fsp3) is 0.462. The monoisotopic (exact) mass is 244 g/mol. The van der Waals surface area contributed by atoms with Crippen LogP contribution in [0.3, 0.4) is 0 Å². The quantitative estimate of drug-likeness (QED) is 0.712. The van der Waals surface area contributed by atoms with Gasteiger partial charge in [-0.15, -0.1) is 0 Å². The molecular formula is C13H16N4O. The minimum absolute atomic E-state index is 0.135. The fourth-order valence-electron chi connectivity index (χ4n) is 2.43. The lowest BCUT2D eigenvalue weighted by Gasteiger charge is -2.31. The molecule has 0 amide bonds. The molecule has 0 unspecified atom stereocenters. The van der Waals surface area contributed by atoms with E-state index in [-0.39, 0.29) is 11.2 Å². The molecule has 0 saturated heterocycles. The smallest absolute Gasteiger partial charge is 0.186 e. The molecule has 0 aromatic rings. The molecule has 94 valence electrons. The Bertz CT molecular complexity index is 617. The average molecular weight is 244 g/mol. The van der Waals surface area contributed by atoms with Crippen molar-refractivity contribution in [2.75, 3.05) is 0 Å². The number of rotatable bonds is 0. The zero-order valence-electron chi connectivity index (χ0n) is 11.2. The number of allylic oxidation sites excluding steroid dienone is 1. The third-order valence-electron chi connectivity index (χ3n) is 3.83. The van der Waals surface area contributed by atoms with Crippen LogP contribution in [0.5, 0.6) is 0 Å². The summed E-state index contributed by atoms with van der Waals surface area (Å²) in [6.07, 6.45) is 0. The highest BCUT2D eigenvalue weighted by Crippen LogP contribution is 2.44. The van der Waals surface area contributed by atoms with Crippen LogP contribution in [-0.2, 0) is 0 Å². The van der Waals surface area contributed by atoms with Gasteiger partial charge < -0.3 is 5.11 Å². The Kier molecular flexibility index (Phi) is 1.93. The van der Waals surface area contributed by atoms with Crippen LogP contribution in [-0.4, -0.2) is 27.5 Å². The molecule has 0 bridgehead atoms. The summed E-state index contributed by atoms with van der Waals surface area (Å²) in [6, 6.07) is 0. The number of nitrogens with zero attached hydrogens (tertiary/aromatic N) is 4. The second-order valence-corrected chi connectivity index (χ2v) is 5.37. The summed E-state index contributed by atoms with van der Waals surface area (Å²) in [6.45, 7) is 9.92. The van der Waals surface area contributed by atoms with Crippen molar-refractivity contribution in [2.45, 2.75) is 34.6 Å². The molecule has 5 heteroatoms. The van der Waals surface area contributed by atoms with Gasteiger partial charge in [0.2, 0.25) is 0 Å². The molecule has 3 rings (SSSR count). The Hall–Kier alpha value is -1.91. The van der Waals surface area contributed by atoms with Gasteiger partial charge in [0.15, 0.2) is 11.6 Å². The Balaban J connectivity index is 2.35. The lowest BCUT2D eigenvalue weighted by Crippen LogP contribution is -2.43. The summed E-state index contributed by atoms with van der Waals surface area (Å²) in [4.78, 5) is 15.2. The van der Waals surface area contributed by atoms with Gasteiger partial charge >= 0.3 is 0 Å². The van der Waals surface area contributed by atoms with Crippen molar-refractivity contribution < 1.29 is 5.11 Å². The first kappa shape index (κ1) is 11.2. The second-order valence-electron chi connectivity index (χ2n) is 5.37. The molecular weight excluding hydrogens is 228 g/mol. The number of hydrogen-bond donors (Lipinski definition) is 1. The molecule has 0 radical (unpaired) electrons. The van der Waals surface area contributed by atoms with Crippen molar-refractivity contribution in [1.29, 1.82) is 0 Å². The highest BCUT2D eigenvalue weighted by Gasteiger charge is 2.47. The largest absolute Gasteiger partial charge is 0.503 e. The molecule has 0 aromatic heterocycles. The minimum atomic E-state index is -0.188. The van der Waals surface area contributed by atoms with Gasteiger partial charge in [-0.25, -0.2) is 15.0 Å². The third-order valence-corrected chi connectivity index (χ3v) is 3.83. The molecule has 0 fully saturated rings. The van der Waals surface area contributed by atoms with Crippen molar-refractivity contribution >= 4 is 17.5 Å². The van der Waals surface area contributed by atoms with Crippen molar-refractivity contribution in [3.05, 3.63) is 22.9 Å². The maximum absolute atomic E-state index is 10.1. The lowest BCUT2D eigenvalue weighted by atomic mass is 9.86. The molecule has 0 spiro atoms.